The molecule has 1 aliphatic heterocycles. The summed E-state index contributed by atoms with van der Waals surface area (Å²) in [6.07, 6.45) is -0.343. The van der Waals surface area contributed by atoms with Crippen LogP contribution < -0.4 is 10.6 Å². The first kappa shape index (κ1) is 17.8. The number of hydrogen-bond acceptors (Lipinski definition) is 3. The van der Waals surface area contributed by atoms with E-state index in [0.717, 1.165) is 24.8 Å². The lowest BCUT2D eigenvalue weighted by atomic mass is 9.80. The minimum atomic E-state index is -1.62. The van der Waals surface area contributed by atoms with Gasteiger partial charge in [-0.1, -0.05) is 30.3 Å². The Morgan fingerprint density at radius 1 is 1.16 bits per heavy atom. The normalized spacial score (nSPS) is 22.6. The predicted molar refractivity (Wildman–Crippen MR) is 89.6 cm³/mol. The number of alkyl halides is 1. The molecule has 0 saturated carbocycles. The second-order valence-corrected chi connectivity index (χ2v) is 6.29. The lowest BCUT2D eigenvalue weighted by molar-refractivity contribution is 0.0400. The Hall–Kier alpha value is -2.05. The smallest absolute Gasteiger partial charge is 0.190 e. The molecule has 25 heavy (non-hydrogen) atoms. The van der Waals surface area contributed by atoms with Gasteiger partial charge >= 0.3 is 0 Å². The Balaban J connectivity index is 1.98. The molecule has 2 aromatic rings. The van der Waals surface area contributed by atoms with E-state index < -0.39 is 29.5 Å². The van der Waals surface area contributed by atoms with Crippen LogP contribution in [0.2, 0.25) is 0 Å². The summed E-state index contributed by atoms with van der Waals surface area (Å²) < 4.78 is 48.2. The third-order valence-electron chi connectivity index (χ3n) is 4.81. The average molecular weight is 350 g/mol. The van der Waals surface area contributed by atoms with Crippen LogP contribution >= 0.6 is 0 Å². The van der Waals surface area contributed by atoms with Crippen LogP contribution in [-0.4, -0.2) is 18.7 Å². The fraction of sp³-hybridized carbons (Fsp3) is 0.368. The van der Waals surface area contributed by atoms with E-state index >= 15 is 4.39 Å². The van der Waals surface area contributed by atoms with Gasteiger partial charge in [0.15, 0.2) is 17.4 Å². The molecule has 1 fully saturated rings. The van der Waals surface area contributed by atoms with Crippen molar-refractivity contribution < 1.29 is 17.9 Å². The first-order valence-corrected chi connectivity index (χ1v) is 8.26. The van der Waals surface area contributed by atoms with Crippen molar-refractivity contribution in [3.05, 3.63) is 65.2 Å². The Morgan fingerprint density at radius 3 is 2.56 bits per heavy atom. The van der Waals surface area contributed by atoms with Crippen LogP contribution in [0.5, 0.6) is 5.75 Å². The monoisotopic (exact) mass is 350 g/mol. The van der Waals surface area contributed by atoms with E-state index in [-0.39, 0.29) is 11.6 Å². The molecule has 134 valence electrons. The molecule has 0 radical (unpaired) electrons. The number of nitrogens with zero attached hydrogens (tertiary/aromatic N) is 1. The lowest BCUT2D eigenvalue weighted by Crippen LogP contribution is -2.44. The van der Waals surface area contributed by atoms with Crippen molar-refractivity contribution in [3.8, 4) is 5.75 Å². The van der Waals surface area contributed by atoms with Crippen LogP contribution in [0.3, 0.4) is 0 Å². The SMILES string of the molecule is COc1c(F)ccc(C(F)C2CCCN(N)C2c2ccccc2)c1F. The number of ether oxygens (including phenoxy) is 1. The second-order valence-electron chi connectivity index (χ2n) is 6.29. The fourth-order valence-corrected chi connectivity index (χ4v) is 3.63. The van der Waals surface area contributed by atoms with Gasteiger partial charge in [0.25, 0.3) is 0 Å². The van der Waals surface area contributed by atoms with Crippen molar-refractivity contribution in [3.63, 3.8) is 0 Å². The van der Waals surface area contributed by atoms with Crippen molar-refractivity contribution in [2.45, 2.75) is 25.1 Å². The summed E-state index contributed by atoms with van der Waals surface area (Å²) in [6, 6.07) is 11.2. The van der Waals surface area contributed by atoms with Crippen molar-refractivity contribution in [1.29, 1.82) is 0 Å². The minimum Gasteiger partial charge on any atom is -0.491 e. The summed E-state index contributed by atoms with van der Waals surface area (Å²) >= 11 is 0. The molecule has 0 spiro atoms. The molecule has 2 N–H and O–H groups in total. The third-order valence-corrected chi connectivity index (χ3v) is 4.81. The molecule has 1 saturated heterocycles. The highest BCUT2D eigenvalue weighted by molar-refractivity contribution is 5.35. The van der Waals surface area contributed by atoms with E-state index in [1.54, 1.807) is 5.01 Å². The molecule has 3 rings (SSSR count). The van der Waals surface area contributed by atoms with Gasteiger partial charge in [0.1, 0.15) is 6.17 Å². The van der Waals surface area contributed by atoms with E-state index in [4.69, 9.17) is 10.6 Å². The first-order valence-electron chi connectivity index (χ1n) is 8.26. The van der Waals surface area contributed by atoms with Crippen LogP contribution in [-0.2, 0) is 0 Å². The maximum Gasteiger partial charge on any atom is 0.190 e. The topological polar surface area (TPSA) is 38.5 Å². The number of hydrazine groups is 1. The predicted octanol–water partition coefficient (Wildman–Crippen LogP) is 4.31. The maximum absolute atomic E-state index is 15.3. The largest absolute Gasteiger partial charge is 0.491 e. The van der Waals surface area contributed by atoms with Gasteiger partial charge in [-0.25, -0.2) is 18.2 Å². The zero-order valence-electron chi connectivity index (χ0n) is 14.0. The van der Waals surface area contributed by atoms with E-state index in [2.05, 4.69) is 0 Å². The highest BCUT2D eigenvalue weighted by atomic mass is 19.1. The quantitative estimate of drug-likeness (QED) is 0.835. The fourth-order valence-electron chi connectivity index (χ4n) is 3.63. The van der Waals surface area contributed by atoms with Gasteiger partial charge in [-0.05, 0) is 30.5 Å². The summed E-state index contributed by atoms with van der Waals surface area (Å²) in [5, 5.41) is 1.61. The van der Waals surface area contributed by atoms with Gasteiger partial charge in [-0.15, -0.1) is 0 Å². The molecular formula is C19H21F3N2O. The second kappa shape index (κ2) is 7.45. The molecule has 2 aromatic carbocycles. The highest BCUT2D eigenvalue weighted by Gasteiger charge is 2.39. The first-order chi connectivity index (χ1) is 12.0. The Kier molecular flexibility index (Phi) is 5.30. The third kappa shape index (κ3) is 3.37. The Labute approximate surface area is 145 Å². The van der Waals surface area contributed by atoms with Crippen LogP contribution in [0.4, 0.5) is 13.2 Å². The number of piperidine rings is 1. The number of halogens is 3. The molecule has 1 aliphatic rings. The van der Waals surface area contributed by atoms with E-state index in [1.165, 1.54) is 0 Å². The standard InChI is InChI=1S/C19H21F3N2O/c1-25-19-15(20)10-9-13(17(19)22)16(21)14-8-5-11-24(23)18(14)12-6-3-2-4-7-12/h2-4,6-7,9-10,14,16,18H,5,8,11,23H2,1H3. The lowest BCUT2D eigenvalue weighted by Gasteiger charge is -2.40. The molecule has 0 aliphatic carbocycles. The average Bonchev–Trinajstić information content (AvgIpc) is 2.62. The van der Waals surface area contributed by atoms with Gasteiger partial charge in [0.2, 0.25) is 0 Å². The number of benzene rings is 2. The number of rotatable bonds is 4. The Morgan fingerprint density at radius 2 is 1.88 bits per heavy atom. The highest BCUT2D eigenvalue weighted by Crippen LogP contribution is 2.45. The van der Waals surface area contributed by atoms with Crippen LogP contribution in [0.25, 0.3) is 0 Å². The van der Waals surface area contributed by atoms with Gasteiger partial charge in [0, 0.05) is 18.0 Å². The number of hydrogen-bond donors (Lipinski definition) is 1. The van der Waals surface area contributed by atoms with Crippen molar-refractivity contribution in [2.75, 3.05) is 13.7 Å². The summed E-state index contributed by atoms with van der Waals surface area (Å²) in [5.74, 6) is 3.19. The van der Waals surface area contributed by atoms with E-state index in [9.17, 15) is 8.78 Å². The van der Waals surface area contributed by atoms with Gasteiger partial charge in [0.05, 0.1) is 13.2 Å². The molecule has 0 bridgehead atoms. The van der Waals surface area contributed by atoms with Gasteiger partial charge < -0.3 is 4.74 Å². The number of nitrogens with two attached hydrogens (primary N) is 1. The summed E-state index contributed by atoms with van der Waals surface area (Å²) in [5.41, 5.74) is 0.686. The summed E-state index contributed by atoms with van der Waals surface area (Å²) in [6.45, 7) is 0.637. The zero-order valence-corrected chi connectivity index (χ0v) is 14.0. The molecule has 1 heterocycles. The molecular weight excluding hydrogens is 329 g/mol. The number of methoxy groups -OCH3 is 1. The van der Waals surface area contributed by atoms with Gasteiger partial charge in [-0.2, -0.15) is 0 Å². The van der Waals surface area contributed by atoms with E-state index in [1.807, 2.05) is 30.3 Å². The summed E-state index contributed by atoms with van der Waals surface area (Å²) in [7, 11) is 1.16. The molecule has 3 nitrogen and oxygen atoms in total. The van der Waals surface area contributed by atoms with Crippen molar-refractivity contribution >= 4 is 0 Å². The zero-order chi connectivity index (χ0) is 18.0. The minimum absolute atomic E-state index is 0.195. The molecule has 0 aromatic heterocycles. The molecule has 3 unspecified atom stereocenters. The van der Waals surface area contributed by atoms with Crippen molar-refractivity contribution in [1.82, 2.24) is 5.01 Å². The van der Waals surface area contributed by atoms with Gasteiger partial charge in [-0.3, -0.25) is 5.84 Å². The van der Waals surface area contributed by atoms with Crippen molar-refractivity contribution in [2.24, 2.45) is 11.8 Å². The van der Waals surface area contributed by atoms with Crippen LogP contribution in [0.1, 0.15) is 36.2 Å². The summed E-state index contributed by atoms with van der Waals surface area (Å²) in [4.78, 5) is 0. The Bertz CT molecular complexity index is 726. The molecule has 3 atom stereocenters. The van der Waals surface area contributed by atoms with E-state index in [0.29, 0.717) is 19.4 Å². The van der Waals surface area contributed by atoms with Crippen LogP contribution in [0, 0.1) is 17.6 Å². The maximum atomic E-state index is 15.3. The molecule has 6 heteroatoms. The van der Waals surface area contributed by atoms with Crippen LogP contribution in [0.15, 0.2) is 42.5 Å². The molecule has 0 amide bonds.